The molecule has 9 heteroatoms. The van der Waals surface area contributed by atoms with E-state index in [9.17, 15) is 20.1 Å². The second-order valence-electron chi connectivity index (χ2n) is 9.56. The lowest BCUT2D eigenvalue weighted by atomic mass is 9.96. The van der Waals surface area contributed by atoms with Crippen LogP contribution in [-0.4, -0.2) is 76.8 Å². The normalized spacial score (nSPS) is 23.1. The number of hydrogen-bond donors (Lipinski definition) is 4. The molecule has 1 aliphatic rings. The lowest BCUT2D eigenvalue weighted by Gasteiger charge is -2.42. The molecule has 1 saturated heterocycles. The molecule has 1 aliphatic heterocycles. The molecule has 0 aliphatic carbocycles. The number of nitrogens with zero attached hydrogens (tertiary/aromatic N) is 1. The summed E-state index contributed by atoms with van der Waals surface area (Å²) in [5.41, 5.74) is 2.24. The van der Waals surface area contributed by atoms with Crippen molar-refractivity contribution in [2.45, 2.75) is 37.2 Å². The zero-order chi connectivity index (χ0) is 27.5. The zero-order valence-corrected chi connectivity index (χ0v) is 21.6. The van der Waals surface area contributed by atoms with Gasteiger partial charge in [0.25, 0.3) is 5.91 Å². The number of carbonyl (C=O) groups is 1. The Morgan fingerprint density at radius 1 is 1.10 bits per heavy atom. The van der Waals surface area contributed by atoms with Gasteiger partial charge in [-0.05, 0) is 34.5 Å². The topological polar surface area (TPSA) is 122 Å². The Balaban J connectivity index is 1.47. The van der Waals surface area contributed by atoms with Crippen molar-refractivity contribution in [2.24, 2.45) is 0 Å². The molecule has 204 valence electrons. The molecule has 1 amide bonds. The summed E-state index contributed by atoms with van der Waals surface area (Å²) in [6, 6.07) is 18.8. The highest BCUT2D eigenvalue weighted by Crippen LogP contribution is 2.29. The maximum absolute atomic E-state index is 13.6. The number of hydrogen-bond acceptors (Lipinski definition) is 7. The van der Waals surface area contributed by atoms with Gasteiger partial charge in [0, 0.05) is 24.2 Å². The Labute approximate surface area is 225 Å². The van der Waals surface area contributed by atoms with Crippen molar-refractivity contribution in [1.82, 2.24) is 9.88 Å². The van der Waals surface area contributed by atoms with Crippen molar-refractivity contribution in [3.05, 3.63) is 90.6 Å². The first-order chi connectivity index (χ1) is 18.9. The molecule has 1 aromatic heterocycles. The number of aliphatic hydroxyl groups is 3. The summed E-state index contributed by atoms with van der Waals surface area (Å²) in [7, 11) is 1.59. The summed E-state index contributed by atoms with van der Waals surface area (Å²) in [4.78, 5) is 13.6. The minimum absolute atomic E-state index is 0.0862. The van der Waals surface area contributed by atoms with Crippen LogP contribution in [0.1, 0.15) is 15.9 Å². The molecule has 1 fully saturated rings. The zero-order valence-electron chi connectivity index (χ0n) is 21.6. The van der Waals surface area contributed by atoms with Gasteiger partial charge in [0.1, 0.15) is 30.1 Å². The van der Waals surface area contributed by atoms with E-state index in [0.29, 0.717) is 23.2 Å². The molecule has 0 radical (unpaired) electrons. The van der Waals surface area contributed by atoms with E-state index in [1.165, 1.54) is 6.08 Å². The molecule has 3 aromatic carbocycles. The molecule has 0 bridgehead atoms. The van der Waals surface area contributed by atoms with E-state index in [1.807, 2.05) is 28.8 Å². The van der Waals surface area contributed by atoms with Crippen molar-refractivity contribution in [2.75, 3.05) is 20.3 Å². The number of ether oxygens (including phenoxy) is 3. The average Bonchev–Trinajstić information content (AvgIpc) is 3.32. The van der Waals surface area contributed by atoms with Gasteiger partial charge in [-0.1, -0.05) is 42.5 Å². The van der Waals surface area contributed by atoms with Gasteiger partial charge in [-0.2, -0.15) is 0 Å². The van der Waals surface area contributed by atoms with Crippen LogP contribution in [0.5, 0.6) is 5.75 Å². The first kappa shape index (κ1) is 26.9. The second kappa shape index (κ2) is 11.6. The van der Waals surface area contributed by atoms with Gasteiger partial charge in [-0.3, -0.25) is 4.79 Å². The molecule has 9 nitrogen and oxygen atoms in total. The summed E-state index contributed by atoms with van der Waals surface area (Å²) < 4.78 is 18.7. The van der Waals surface area contributed by atoms with Gasteiger partial charge in [-0.25, -0.2) is 0 Å². The van der Waals surface area contributed by atoms with Crippen molar-refractivity contribution < 1.29 is 34.3 Å². The van der Waals surface area contributed by atoms with Gasteiger partial charge in [-0.15, -0.1) is 6.58 Å². The minimum atomic E-state index is -1.43. The predicted molar refractivity (Wildman–Crippen MR) is 147 cm³/mol. The van der Waals surface area contributed by atoms with Crippen LogP contribution in [-0.2, 0) is 16.0 Å². The van der Waals surface area contributed by atoms with Crippen LogP contribution in [0.2, 0.25) is 0 Å². The number of benzene rings is 3. The fourth-order valence-electron chi connectivity index (χ4n) is 5.01. The van der Waals surface area contributed by atoms with E-state index in [0.717, 1.165) is 21.9 Å². The van der Waals surface area contributed by atoms with Gasteiger partial charge >= 0.3 is 0 Å². The molecule has 1 unspecified atom stereocenters. The van der Waals surface area contributed by atoms with Crippen LogP contribution in [0.25, 0.3) is 21.7 Å². The van der Waals surface area contributed by atoms with Gasteiger partial charge in [0.2, 0.25) is 0 Å². The highest BCUT2D eigenvalue weighted by atomic mass is 16.7. The molecule has 5 atom stereocenters. The van der Waals surface area contributed by atoms with E-state index in [4.69, 9.17) is 14.2 Å². The average molecular weight is 533 g/mol. The van der Waals surface area contributed by atoms with Crippen LogP contribution in [0.4, 0.5) is 0 Å². The predicted octanol–water partition coefficient (Wildman–Crippen LogP) is 2.59. The second-order valence-corrected chi connectivity index (χ2v) is 9.56. The van der Waals surface area contributed by atoms with Crippen LogP contribution >= 0.6 is 0 Å². The Bertz CT molecular complexity index is 1480. The standard InChI is InChI=1S/C30H32N2O7/c1-3-12-38-30-26(28(35)27(34)25(17-33)39-30)31-29(36)23-16-32(24-14-21(37-2)10-11-22(23)24)15-18-8-9-19-6-4-5-7-20(19)13-18/h3-11,13-14,16,25-28,30,33-35H,1,12,15,17H2,2H3,(H,31,36)/t25-,26-,27-,28-,30?/m1/s1. The van der Waals surface area contributed by atoms with E-state index in [2.05, 4.69) is 42.2 Å². The molecule has 0 saturated carbocycles. The number of fused-ring (bicyclic) bond motifs is 2. The molecular weight excluding hydrogens is 500 g/mol. The molecule has 5 rings (SSSR count). The quantitative estimate of drug-likeness (QED) is 0.245. The first-order valence-corrected chi connectivity index (χ1v) is 12.7. The SMILES string of the molecule is C=CCOC1O[C@H](CO)[C@@H](O)[C@H](O)[C@H]1NC(=O)c1cn(Cc2ccc3ccccc3c2)c2cc(OC)ccc12. The fraction of sp³-hybridized carbons (Fsp3) is 0.300. The fourth-order valence-corrected chi connectivity index (χ4v) is 5.01. The number of rotatable bonds is 9. The van der Waals surface area contributed by atoms with Crippen molar-refractivity contribution in [3.8, 4) is 5.75 Å². The highest BCUT2D eigenvalue weighted by Gasteiger charge is 2.45. The van der Waals surface area contributed by atoms with Crippen molar-refractivity contribution >= 4 is 27.6 Å². The molecule has 39 heavy (non-hydrogen) atoms. The number of amides is 1. The third-order valence-electron chi connectivity index (χ3n) is 7.06. The molecule has 0 spiro atoms. The van der Waals surface area contributed by atoms with Crippen LogP contribution in [0.15, 0.2) is 79.5 Å². The Hall–Kier alpha value is -3.73. The van der Waals surface area contributed by atoms with E-state index in [1.54, 1.807) is 19.4 Å². The lowest BCUT2D eigenvalue weighted by Crippen LogP contribution is -2.64. The minimum Gasteiger partial charge on any atom is -0.497 e. The number of nitrogens with one attached hydrogen (secondary N) is 1. The van der Waals surface area contributed by atoms with Crippen LogP contribution in [0, 0.1) is 0 Å². The Morgan fingerprint density at radius 3 is 2.64 bits per heavy atom. The first-order valence-electron chi connectivity index (χ1n) is 12.7. The largest absolute Gasteiger partial charge is 0.497 e. The third-order valence-corrected chi connectivity index (χ3v) is 7.06. The van der Waals surface area contributed by atoms with Crippen molar-refractivity contribution in [1.29, 1.82) is 0 Å². The maximum atomic E-state index is 13.6. The highest BCUT2D eigenvalue weighted by molar-refractivity contribution is 6.07. The van der Waals surface area contributed by atoms with Crippen LogP contribution in [0.3, 0.4) is 0 Å². The lowest BCUT2D eigenvalue weighted by molar-refractivity contribution is -0.266. The summed E-state index contributed by atoms with van der Waals surface area (Å²) >= 11 is 0. The molecular formula is C30H32N2O7. The summed E-state index contributed by atoms with van der Waals surface area (Å²) in [5.74, 6) is 0.177. The summed E-state index contributed by atoms with van der Waals surface area (Å²) in [6.07, 6.45) is -1.74. The molecule has 4 aromatic rings. The summed E-state index contributed by atoms with van der Waals surface area (Å²) in [5, 5.41) is 36.5. The summed E-state index contributed by atoms with van der Waals surface area (Å²) in [6.45, 7) is 3.69. The van der Waals surface area contributed by atoms with E-state index >= 15 is 0 Å². The number of aliphatic hydroxyl groups excluding tert-OH is 3. The van der Waals surface area contributed by atoms with Gasteiger partial charge in [0.15, 0.2) is 6.29 Å². The van der Waals surface area contributed by atoms with E-state index < -0.39 is 43.2 Å². The Kier molecular flexibility index (Phi) is 7.97. The molecule has 4 N–H and O–H groups in total. The third kappa shape index (κ3) is 5.40. The van der Waals surface area contributed by atoms with Crippen LogP contribution < -0.4 is 10.1 Å². The van der Waals surface area contributed by atoms with Gasteiger partial charge < -0.3 is 39.4 Å². The smallest absolute Gasteiger partial charge is 0.253 e. The number of methoxy groups -OCH3 is 1. The monoisotopic (exact) mass is 532 g/mol. The van der Waals surface area contributed by atoms with Gasteiger partial charge in [0.05, 0.1) is 31.4 Å². The number of aromatic nitrogens is 1. The van der Waals surface area contributed by atoms with Crippen molar-refractivity contribution in [3.63, 3.8) is 0 Å². The Morgan fingerprint density at radius 2 is 1.90 bits per heavy atom. The maximum Gasteiger partial charge on any atom is 0.253 e. The number of carbonyl (C=O) groups excluding carboxylic acids is 1. The molecule has 2 heterocycles. The van der Waals surface area contributed by atoms with E-state index in [-0.39, 0.29) is 6.61 Å².